The van der Waals surface area contributed by atoms with Gasteiger partial charge in [-0.1, -0.05) is 32.3 Å². The summed E-state index contributed by atoms with van der Waals surface area (Å²) < 4.78 is 7.76. The number of aromatic nitrogens is 5. The Bertz CT molecular complexity index is 752. The number of aryl methyl sites for hydroxylation is 1. The highest BCUT2D eigenvalue weighted by atomic mass is 16.5. The van der Waals surface area contributed by atoms with E-state index in [4.69, 9.17) is 4.52 Å². The van der Waals surface area contributed by atoms with Crippen molar-refractivity contribution in [1.29, 1.82) is 0 Å². The molecule has 0 bridgehead atoms. The maximum atomic E-state index is 5.41. The molecular formula is C19H31N7O. The third-order valence-electron chi connectivity index (χ3n) is 5.49. The Labute approximate surface area is 160 Å². The van der Waals surface area contributed by atoms with Crippen molar-refractivity contribution in [3.8, 4) is 0 Å². The number of nitrogens with zero attached hydrogens (tertiary/aromatic N) is 7. The predicted octanol–water partition coefficient (Wildman–Crippen LogP) is 2.00. The SMILES string of the molecule is CC(C)(C)c1nc(CN2CCN(Cc3nnc4n3CCCCC4)CC2)no1. The van der Waals surface area contributed by atoms with Crippen LogP contribution in [0.15, 0.2) is 4.52 Å². The molecule has 1 saturated heterocycles. The Morgan fingerprint density at radius 2 is 1.63 bits per heavy atom. The fourth-order valence-electron chi connectivity index (χ4n) is 3.79. The van der Waals surface area contributed by atoms with E-state index >= 15 is 0 Å². The van der Waals surface area contributed by atoms with Gasteiger partial charge in [0.15, 0.2) is 5.82 Å². The van der Waals surface area contributed by atoms with Crippen LogP contribution in [0, 0.1) is 0 Å². The lowest BCUT2D eigenvalue weighted by Crippen LogP contribution is -2.45. The van der Waals surface area contributed by atoms with Crippen LogP contribution in [0.2, 0.25) is 0 Å². The van der Waals surface area contributed by atoms with Gasteiger partial charge in [0, 0.05) is 44.6 Å². The minimum atomic E-state index is -0.0970. The fourth-order valence-corrected chi connectivity index (χ4v) is 3.79. The van der Waals surface area contributed by atoms with E-state index in [1.165, 1.54) is 25.1 Å². The molecule has 0 N–H and O–H groups in total. The van der Waals surface area contributed by atoms with Crippen LogP contribution >= 0.6 is 0 Å². The molecule has 0 saturated carbocycles. The first-order valence-corrected chi connectivity index (χ1v) is 10.2. The Balaban J connectivity index is 1.29. The molecule has 0 amide bonds. The Kier molecular flexibility index (Phi) is 5.27. The number of hydrogen-bond donors (Lipinski definition) is 0. The maximum absolute atomic E-state index is 5.41. The fraction of sp³-hybridized carbons (Fsp3) is 0.789. The summed E-state index contributed by atoms with van der Waals surface area (Å²) in [4.78, 5) is 9.44. The van der Waals surface area contributed by atoms with Gasteiger partial charge in [-0.3, -0.25) is 9.80 Å². The Morgan fingerprint density at radius 3 is 2.33 bits per heavy atom. The van der Waals surface area contributed by atoms with Crippen molar-refractivity contribution >= 4 is 0 Å². The summed E-state index contributed by atoms with van der Waals surface area (Å²) in [6.07, 6.45) is 4.85. The molecule has 4 heterocycles. The van der Waals surface area contributed by atoms with E-state index in [1.54, 1.807) is 0 Å². The molecule has 8 nitrogen and oxygen atoms in total. The van der Waals surface area contributed by atoms with Gasteiger partial charge in [0.1, 0.15) is 11.6 Å². The lowest BCUT2D eigenvalue weighted by molar-refractivity contribution is 0.116. The van der Waals surface area contributed by atoms with Crippen molar-refractivity contribution in [2.45, 2.75) is 71.5 Å². The molecule has 0 radical (unpaired) electrons. The molecule has 1 fully saturated rings. The Hall–Kier alpha value is -1.80. The smallest absolute Gasteiger partial charge is 0.232 e. The molecule has 8 heteroatoms. The molecule has 2 aromatic heterocycles. The van der Waals surface area contributed by atoms with Crippen LogP contribution in [0.1, 0.15) is 63.4 Å². The predicted molar refractivity (Wildman–Crippen MR) is 101 cm³/mol. The van der Waals surface area contributed by atoms with Crippen molar-refractivity contribution in [3.63, 3.8) is 0 Å². The van der Waals surface area contributed by atoms with Crippen molar-refractivity contribution in [2.75, 3.05) is 26.2 Å². The summed E-state index contributed by atoms with van der Waals surface area (Å²) in [5, 5.41) is 13.0. The molecule has 4 rings (SSSR count). The van der Waals surface area contributed by atoms with Crippen molar-refractivity contribution < 1.29 is 4.52 Å². The highest BCUT2D eigenvalue weighted by molar-refractivity contribution is 5.00. The van der Waals surface area contributed by atoms with Gasteiger partial charge in [0.25, 0.3) is 0 Å². The second-order valence-corrected chi connectivity index (χ2v) is 8.81. The zero-order valence-corrected chi connectivity index (χ0v) is 16.8. The van der Waals surface area contributed by atoms with Crippen LogP contribution in [0.5, 0.6) is 0 Å². The summed E-state index contributed by atoms with van der Waals surface area (Å²) in [5.74, 6) is 3.81. The van der Waals surface area contributed by atoms with Gasteiger partial charge in [-0.15, -0.1) is 10.2 Å². The molecule has 2 aliphatic heterocycles. The van der Waals surface area contributed by atoms with Crippen LogP contribution in [-0.2, 0) is 31.5 Å². The number of hydrogen-bond acceptors (Lipinski definition) is 7. The average molecular weight is 374 g/mol. The van der Waals surface area contributed by atoms with E-state index < -0.39 is 0 Å². The van der Waals surface area contributed by atoms with E-state index in [1.807, 2.05) is 0 Å². The maximum Gasteiger partial charge on any atom is 0.232 e. The molecule has 0 aromatic carbocycles. The lowest BCUT2D eigenvalue weighted by atomic mass is 9.97. The van der Waals surface area contributed by atoms with E-state index in [2.05, 4.69) is 55.5 Å². The second-order valence-electron chi connectivity index (χ2n) is 8.81. The van der Waals surface area contributed by atoms with E-state index in [0.717, 1.165) is 63.9 Å². The molecule has 148 valence electrons. The monoisotopic (exact) mass is 373 g/mol. The zero-order valence-electron chi connectivity index (χ0n) is 16.8. The normalized spacial score (nSPS) is 19.8. The van der Waals surface area contributed by atoms with Crippen molar-refractivity contribution in [1.82, 2.24) is 34.7 Å². The van der Waals surface area contributed by atoms with Gasteiger partial charge >= 0.3 is 0 Å². The highest BCUT2D eigenvalue weighted by Crippen LogP contribution is 2.20. The summed E-state index contributed by atoms with van der Waals surface area (Å²) in [6.45, 7) is 13.1. The van der Waals surface area contributed by atoms with Gasteiger partial charge in [-0.05, 0) is 12.8 Å². The second kappa shape index (κ2) is 7.67. The molecule has 0 spiro atoms. The standard InChI is InChI=1S/C19H31N7O/c1-19(2,3)18-20-15(23-27-18)13-24-9-11-25(12-10-24)14-17-22-21-16-7-5-4-6-8-26(16)17/h4-14H2,1-3H3. The third-order valence-corrected chi connectivity index (χ3v) is 5.49. The average Bonchev–Trinajstić information content (AvgIpc) is 3.18. The first kappa shape index (κ1) is 18.6. The molecule has 2 aliphatic rings. The molecule has 2 aromatic rings. The molecule has 0 unspecified atom stereocenters. The Morgan fingerprint density at radius 1 is 0.889 bits per heavy atom. The largest absolute Gasteiger partial charge is 0.339 e. The lowest BCUT2D eigenvalue weighted by Gasteiger charge is -2.33. The van der Waals surface area contributed by atoms with Gasteiger partial charge < -0.3 is 9.09 Å². The van der Waals surface area contributed by atoms with Gasteiger partial charge in [0.2, 0.25) is 5.89 Å². The van der Waals surface area contributed by atoms with Gasteiger partial charge in [-0.2, -0.15) is 4.98 Å². The van der Waals surface area contributed by atoms with Gasteiger partial charge in [0.05, 0.1) is 13.1 Å². The van der Waals surface area contributed by atoms with Gasteiger partial charge in [-0.25, -0.2) is 0 Å². The number of rotatable bonds is 4. The summed E-state index contributed by atoms with van der Waals surface area (Å²) in [7, 11) is 0. The first-order valence-electron chi connectivity index (χ1n) is 10.2. The molecule has 27 heavy (non-hydrogen) atoms. The summed E-state index contributed by atoms with van der Waals surface area (Å²) in [6, 6.07) is 0. The molecule has 0 atom stereocenters. The topological polar surface area (TPSA) is 76.1 Å². The summed E-state index contributed by atoms with van der Waals surface area (Å²) >= 11 is 0. The van der Waals surface area contributed by atoms with Crippen LogP contribution in [0.25, 0.3) is 0 Å². The highest BCUT2D eigenvalue weighted by Gasteiger charge is 2.24. The van der Waals surface area contributed by atoms with Crippen molar-refractivity contribution in [3.05, 3.63) is 23.4 Å². The van der Waals surface area contributed by atoms with Crippen molar-refractivity contribution in [2.24, 2.45) is 0 Å². The molecular weight excluding hydrogens is 342 g/mol. The zero-order chi connectivity index (χ0) is 18.9. The van der Waals surface area contributed by atoms with E-state index in [9.17, 15) is 0 Å². The quantitative estimate of drug-likeness (QED) is 0.811. The van der Waals surface area contributed by atoms with E-state index in [-0.39, 0.29) is 5.41 Å². The number of fused-ring (bicyclic) bond motifs is 1. The minimum Gasteiger partial charge on any atom is -0.339 e. The van der Waals surface area contributed by atoms with Crippen LogP contribution in [0.3, 0.4) is 0 Å². The van der Waals surface area contributed by atoms with Crippen LogP contribution < -0.4 is 0 Å². The van der Waals surface area contributed by atoms with Crippen LogP contribution in [-0.4, -0.2) is 60.9 Å². The minimum absolute atomic E-state index is 0.0970. The first-order chi connectivity index (χ1) is 13.0. The van der Waals surface area contributed by atoms with E-state index in [0.29, 0.717) is 5.89 Å². The number of piperazine rings is 1. The third kappa shape index (κ3) is 4.38. The summed E-state index contributed by atoms with van der Waals surface area (Å²) in [5.41, 5.74) is -0.0970. The van der Waals surface area contributed by atoms with Crippen LogP contribution in [0.4, 0.5) is 0 Å². The molecule has 0 aliphatic carbocycles.